The molecule has 1 saturated carbocycles. The predicted octanol–water partition coefficient (Wildman–Crippen LogP) is 3.75. The maximum atomic E-state index is 10.5. The number of aryl methyl sites for hydroxylation is 1. The van der Waals surface area contributed by atoms with Gasteiger partial charge in [0.15, 0.2) is 5.84 Å². The van der Waals surface area contributed by atoms with E-state index in [0.29, 0.717) is 24.5 Å². The first kappa shape index (κ1) is 17.0. The van der Waals surface area contributed by atoms with Crippen LogP contribution in [0.15, 0.2) is 47.7 Å². The second kappa shape index (κ2) is 6.48. The third-order valence-corrected chi connectivity index (χ3v) is 5.72. The average molecular weight is 376 g/mol. The molecule has 1 aliphatic heterocycles. The first-order valence-corrected chi connectivity index (χ1v) is 9.87. The lowest BCUT2D eigenvalue weighted by Gasteiger charge is -2.21. The summed E-state index contributed by atoms with van der Waals surface area (Å²) in [5.41, 5.74) is 6.73. The molecule has 6 heteroatoms. The molecule has 1 fully saturated rings. The smallest absolute Gasteiger partial charge is 0.165 e. The van der Waals surface area contributed by atoms with Crippen LogP contribution in [0.25, 0.3) is 10.9 Å². The number of aromatic hydroxyl groups is 2. The number of phenols is 2. The van der Waals surface area contributed by atoms with Gasteiger partial charge in [0.1, 0.15) is 18.2 Å². The van der Waals surface area contributed by atoms with Crippen molar-refractivity contribution in [1.82, 2.24) is 9.99 Å². The molecule has 3 aromatic rings. The minimum atomic E-state index is 0.0284. The molecular formula is C22H24N4O2. The van der Waals surface area contributed by atoms with Crippen LogP contribution in [0.2, 0.25) is 0 Å². The van der Waals surface area contributed by atoms with Gasteiger partial charge < -0.3 is 19.7 Å². The highest BCUT2D eigenvalue weighted by Crippen LogP contribution is 2.36. The third kappa shape index (κ3) is 2.76. The van der Waals surface area contributed by atoms with E-state index in [-0.39, 0.29) is 11.5 Å². The van der Waals surface area contributed by atoms with Crippen LogP contribution in [0.1, 0.15) is 30.9 Å². The predicted molar refractivity (Wildman–Crippen MR) is 111 cm³/mol. The minimum Gasteiger partial charge on any atom is -0.508 e. The van der Waals surface area contributed by atoms with E-state index in [2.05, 4.69) is 50.5 Å². The topological polar surface area (TPSA) is 73.0 Å². The van der Waals surface area contributed by atoms with Gasteiger partial charge in [-0.2, -0.15) is 5.10 Å². The average Bonchev–Trinajstić information content (AvgIpc) is 3.21. The maximum absolute atomic E-state index is 10.5. The Bertz CT molecular complexity index is 1080. The van der Waals surface area contributed by atoms with Crippen molar-refractivity contribution in [2.45, 2.75) is 32.7 Å². The summed E-state index contributed by atoms with van der Waals surface area (Å²) in [5, 5.41) is 26.1. The zero-order valence-electron chi connectivity index (χ0n) is 15.9. The van der Waals surface area contributed by atoms with Crippen LogP contribution in [0, 0.1) is 5.92 Å². The molecule has 1 aromatic heterocycles. The fraction of sp³-hybridized carbons (Fsp3) is 0.318. The Labute approximate surface area is 163 Å². The lowest BCUT2D eigenvalue weighted by Crippen LogP contribution is -2.30. The molecule has 6 nitrogen and oxygen atoms in total. The largest absolute Gasteiger partial charge is 0.508 e. The highest BCUT2D eigenvalue weighted by Gasteiger charge is 2.27. The number of benzene rings is 2. The van der Waals surface area contributed by atoms with Crippen molar-refractivity contribution in [3.05, 3.63) is 53.7 Å². The van der Waals surface area contributed by atoms with E-state index in [9.17, 15) is 10.2 Å². The number of aromatic nitrogens is 1. The van der Waals surface area contributed by atoms with Crippen LogP contribution in [-0.4, -0.2) is 27.3 Å². The molecule has 1 aliphatic carbocycles. The quantitative estimate of drug-likeness (QED) is 0.634. The highest BCUT2D eigenvalue weighted by molar-refractivity contribution is 6.15. The number of nitrogens with one attached hydrogen (secondary N) is 1. The van der Waals surface area contributed by atoms with Crippen LogP contribution in [-0.2, 0) is 13.0 Å². The van der Waals surface area contributed by atoms with Gasteiger partial charge in [-0.25, -0.2) is 0 Å². The van der Waals surface area contributed by atoms with Crippen molar-refractivity contribution >= 4 is 22.4 Å². The Morgan fingerprint density at radius 1 is 1.14 bits per heavy atom. The van der Waals surface area contributed by atoms with Gasteiger partial charge in [-0.1, -0.05) is 13.0 Å². The summed E-state index contributed by atoms with van der Waals surface area (Å²) < 4.78 is 2.34. The molecule has 0 amide bonds. The molecule has 28 heavy (non-hydrogen) atoms. The van der Waals surface area contributed by atoms with Gasteiger partial charge in [-0.05, 0) is 55.0 Å². The minimum absolute atomic E-state index is 0.0284. The Hall–Kier alpha value is -3.15. The maximum Gasteiger partial charge on any atom is 0.165 e. The Balaban J connectivity index is 1.57. The molecule has 0 spiro atoms. The SMILES string of the molecule is CCc1cc(C2=NNCN2c2cccc3c2ccn3CC2CC2)c(O)cc1O. The van der Waals surface area contributed by atoms with Gasteiger partial charge in [0, 0.05) is 24.2 Å². The molecule has 3 N–H and O–H groups in total. The van der Waals surface area contributed by atoms with Crippen LogP contribution in [0.5, 0.6) is 11.5 Å². The standard InChI is InChI=1S/C22H24N4O2/c1-2-15-10-17(21(28)11-20(15)27)22-24-23-13-26(22)19-5-3-4-18-16(19)8-9-25(18)12-14-6-7-14/h3-5,8-11,14,23,27-28H,2,6-7,12-13H2,1H3. The van der Waals surface area contributed by atoms with E-state index in [1.54, 1.807) is 0 Å². The Morgan fingerprint density at radius 2 is 2.00 bits per heavy atom. The Morgan fingerprint density at radius 3 is 2.79 bits per heavy atom. The molecule has 2 heterocycles. The van der Waals surface area contributed by atoms with Crippen LogP contribution < -0.4 is 10.3 Å². The number of hydrogen-bond donors (Lipinski definition) is 3. The molecule has 0 unspecified atom stereocenters. The van der Waals surface area contributed by atoms with Crippen LogP contribution >= 0.6 is 0 Å². The zero-order valence-corrected chi connectivity index (χ0v) is 15.9. The number of amidine groups is 1. The summed E-state index contributed by atoms with van der Waals surface area (Å²) in [6.45, 7) is 3.58. The van der Waals surface area contributed by atoms with Crippen molar-refractivity contribution in [1.29, 1.82) is 0 Å². The molecule has 5 rings (SSSR count). The van der Waals surface area contributed by atoms with Crippen molar-refractivity contribution in [2.24, 2.45) is 11.0 Å². The molecule has 144 valence electrons. The highest BCUT2D eigenvalue weighted by atomic mass is 16.3. The summed E-state index contributed by atoms with van der Waals surface area (Å²) in [6, 6.07) is 11.7. The second-order valence-electron chi connectivity index (χ2n) is 7.65. The van der Waals surface area contributed by atoms with Crippen molar-refractivity contribution in [3.8, 4) is 11.5 Å². The molecule has 2 aromatic carbocycles. The lowest BCUT2D eigenvalue weighted by molar-refractivity contribution is 0.445. The van der Waals surface area contributed by atoms with E-state index in [4.69, 9.17) is 0 Å². The molecule has 0 atom stereocenters. The molecule has 0 radical (unpaired) electrons. The molecule has 0 saturated heterocycles. The fourth-order valence-corrected chi connectivity index (χ4v) is 3.99. The van der Waals surface area contributed by atoms with Gasteiger partial charge in [0.2, 0.25) is 0 Å². The molecule has 2 aliphatic rings. The van der Waals surface area contributed by atoms with Gasteiger partial charge in [-0.15, -0.1) is 0 Å². The van der Waals surface area contributed by atoms with Crippen LogP contribution in [0.3, 0.4) is 0 Å². The molecule has 0 bridgehead atoms. The van der Waals surface area contributed by atoms with Gasteiger partial charge >= 0.3 is 0 Å². The van der Waals surface area contributed by atoms with Gasteiger partial charge in [0.25, 0.3) is 0 Å². The summed E-state index contributed by atoms with van der Waals surface area (Å²) in [5.74, 6) is 1.61. The number of rotatable bonds is 5. The zero-order chi connectivity index (χ0) is 19.3. The number of hydrogen-bond acceptors (Lipinski definition) is 5. The first-order valence-electron chi connectivity index (χ1n) is 9.87. The number of nitrogens with zero attached hydrogens (tertiary/aromatic N) is 3. The normalized spacial score (nSPS) is 16.5. The van der Waals surface area contributed by atoms with Gasteiger partial charge in [-0.3, -0.25) is 5.43 Å². The molecular weight excluding hydrogens is 352 g/mol. The van der Waals surface area contributed by atoms with E-state index in [0.717, 1.165) is 23.7 Å². The number of fused-ring (bicyclic) bond motifs is 1. The van der Waals surface area contributed by atoms with Crippen LogP contribution in [0.4, 0.5) is 5.69 Å². The Kier molecular flexibility index (Phi) is 3.93. The third-order valence-electron chi connectivity index (χ3n) is 5.72. The second-order valence-corrected chi connectivity index (χ2v) is 7.65. The van der Waals surface area contributed by atoms with E-state index < -0.39 is 0 Å². The van der Waals surface area contributed by atoms with Crippen molar-refractivity contribution < 1.29 is 10.2 Å². The van der Waals surface area contributed by atoms with Crippen molar-refractivity contribution in [2.75, 3.05) is 11.6 Å². The summed E-state index contributed by atoms with van der Waals surface area (Å²) >= 11 is 0. The monoisotopic (exact) mass is 376 g/mol. The first-order chi connectivity index (χ1) is 13.7. The van der Waals surface area contributed by atoms with E-state index in [1.807, 2.05) is 13.0 Å². The van der Waals surface area contributed by atoms with E-state index in [1.165, 1.54) is 29.8 Å². The van der Waals surface area contributed by atoms with E-state index >= 15 is 0 Å². The number of anilines is 1. The summed E-state index contributed by atoms with van der Waals surface area (Å²) in [4.78, 5) is 2.08. The number of hydrazone groups is 1. The summed E-state index contributed by atoms with van der Waals surface area (Å²) in [6.07, 6.45) is 5.50. The van der Waals surface area contributed by atoms with Gasteiger partial charge in [0.05, 0.1) is 16.8 Å². The lowest BCUT2D eigenvalue weighted by atomic mass is 10.0. The summed E-state index contributed by atoms with van der Waals surface area (Å²) in [7, 11) is 0. The fourth-order valence-electron chi connectivity index (χ4n) is 3.99. The van der Waals surface area contributed by atoms with Crippen molar-refractivity contribution in [3.63, 3.8) is 0 Å². The number of phenolic OH excluding ortho intramolecular Hbond substituents is 2.